The normalized spacial score (nSPS) is 26.9. The molecule has 2 N–H and O–H groups in total. The van der Waals surface area contributed by atoms with Crippen molar-refractivity contribution in [3.05, 3.63) is 0 Å². The van der Waals surface area contributed by atoms with E-state index in [1.807, 2.05) is 14.1 Å². The number of guanidine groups is 1. The summed E-state index contributed by atoms with van der Waals surface area (Å²) in [7, 11) is 3.72. The molecule has 0 heterocycles. The lowest BCUT2D eigenvalue weighted by molar-refractivity contribution is -0.138. The smallest absolute Gasteiger partial charge is 0.230 e. The summed E-state index contributed by atoms with van der Waals surface area (Å²) >= 11 is 0. The average molecular weight is 337 g/mol. The van der Waals surface area contributed by atoms with Crippen molar-refractivity contribution in [3.63, 3.8) is 0 Å². The number of carbonyl (C=O) groups is 1. The molecule has 0 spiro atoms. The maximum absolute atomic E-state index is 12.7. The Labute approximate surface area is 147 Å². The van der Waals surface area contributed by atoms with Crippen LogP contribution in [0.25, 0.3) is 0 Å². The summed E-state index contributed by atoms with van der Waals surface area (Å²) in [6.07, 6.45) is 9.27. The van der Waals surface area contributed by atoms with Crippen LogP contribution in [0.15, 0.2) is 4.99 Å². The Bertz CT molecular complexity index is 441. The summed E-state index contributed by atoms with van der Waals surface area (Å²) in [4.78, 5) is 19.3. The van der Waals surface area contributed by atoms with Crippen LogP contribution in [0, 0.1) is 11.3 Å². The predicted octanol–water partition coefficient (Wildman–Crippen LogP) is 2.77. The first-order valence-electron chi connectivity index (χ1n) is 9.73. The van der Waals surface area contributed by atoms with Crippen LogP contribution in [-0.2, 0) is 4.79 Å². The molecule has 24 heavy (non-hydrogen) atoms. The van der Waals surface area contributed by atoms with Crippen molar-refractivity contribution in [2.75, 3.05) is 27.2 Å². The van der Waals surface area contributed by atoms with Crippen molar-refractivity contribution < 1.29 is 4.79 Å². The quantitative estimate of drug-likeness (QED) is 0.599. The van der Waals surface area contributed by atoms with E-state index in [9.17, 15) is 4.79 Å². The second-order valence-electron chi connectivity index (χ2n) is 8.00. The van der Waals surface area contributed by atoms with Gasteiger partial charge in [0.1, 0.15) is 0 Å². The first-order valence-corrected chi connectivity index (χ1v) is 9.73. The largest absolute Gasteiger partial charge is 0.357 e. The molecule has 2 fully saturated rings. The van der Waals surface area contributed by atoms with E-state index in [1.54, 1.807) is 4.90 Å². The zero-order valence-corrected chi connectivity index (χ0v) is 16.0. The van der Waals surface area contributed by atoms with E-state index in [-0.39, 0.29) is 11.3 Å². The molecule has 138 valence electrons. The molecule has 2 atom stereocenters. The Balaban J connectivity index is 2.04. The Morgan fingerprint density at radius 3 is 2.50 bits per heavy atom. The highest BCUT2D eigenvalue weighted by Crippen LogP contribution is 2.39. The van der Waals surface area contributed by atoms with Crippen LogP contribution in [-0.4, -0.2) is 50.0 Å². The number of carbonyl (C=O) groups excluding carboxylic acids is 1. The van der Waals surface area contributed by atoms with Gasteiger partial charge in [-0.05, 0) is 38.5 Å². The van der Waals surface area contributed by atoms with Crippen LogP contribution in [0.2, 0.25) is 0 Å². The predicted molar refractivity (Wildman–Crippen MR) is 100 cm³/mol. The first kappa shape index (κ1) is 19.1. The van der Waals surface area contributed by atoms with Crippen molar-refractivity contribution in [1.82, 2.24) is 15.5 Å². The lowest BCUT2D eigenvalue weighted by Crippen LogP contribution is -2.46. The number of nitrogens with zero attached hydrogens (tertiary/aromatic N) is 2. The second kappa shape index (κ2) is 8.72. The highest BCUT2D eigenvalue weighted by molar-refractivity contribution is 5.84. The van der Waals surface area contributed by atoms with E-state index in [1.165, 1.54) is 25.7 Å². The number of hydrogen-bond acceptors (Lipinski definition) is 2. The Kier molecular flexibility index (Phi) is 6.93. The first-order chi connectivity index (χ1) is 11.5. The molecule has 0 bridgehead atoms. The lowest BCUT2D eigenvalue weighted by Gasteiger charge is -2.31. The third kappa shape index (κ3) is 4.87. The van der Waals surface area contributed by atoms with Gasteiger partial charge in [-0.15, -0.1) is 0 Å². The average Bonchev–Trinajstić information content (AvgIpc) is 3.02. The summed E-state index contributed by atoms with van der Waals surface area (Å²) in [6.45, 7) is 5.88. The van der Waals surface area contributed by atoms with Gasteiger partial charge in [-0.1, -0.05) is 32.6 Å². The maximum atomic E-state index is 12.7. The van der Waals surface area contributed by atoms with Crippen molar-refractivity contribution in [2.45, 2.75) is 71.3 Å². The molecule has 0 aliphatic heterocycles. The van der Waals surface area contributed by atoms with E-state index < -0.39 is 0 Å². The fourth-order valence-corrected chi connectivity index (χ4v) is 4.27. The molecule has 5 nitrogen and oxygen atoms in total. The SMILES string of the molecule is CCNC(=NCC1(C(=O)N(C)C)CCCC1)NC1CCCC(C)C1. The third-order valence-electron chi connectivity index (χ3n) is 5.58. The van der Waals surface area contributed by atoms with Crippen LogP contribution < -0.4 is 10.6 Å². The van der Waals surface area contributed by atoms with Gasteiger partial charge in [0.15, 0.2) is 5.96 Å². The van der Waals surface area contributed by atoms with Crippen LogP contribution >= 0.6 is 0 Å². The van der Waals surface area contributed by atoms with Gasteiger partial charge >= 0.3 is 0 Å². The van der Waals surface area contributed by atoms with Gasteiger partial charge in [-0.2, -0.15) is 0 Å². The third-order valence-corrected chi connectivity index (χ3v) is 5.58. The minimum Gasteiger partial charge on any atom is -0.357 e. The number of hydrogen-bond donors (Lipinski definition) is 2. The van der Waals surface area contributed by atoms with E-state index in [4.69, 9.17) is 4.99 Å². The summed E-state index contributed by atoms with van der Waals surface area (Å²) in [5.74, 6) is 1.91. The molecule has 2 saturated carbocycles. The molecule has 0 radical (unpaired) electrons. The summed E-state index contributed by atoms with van der Waals surface area (Å²) in [5.41, 5.74) is -0.286. The van der Waals surface area contributed by atoms with E-state index in [2.05, 4.69) is 24.5 Å². The molecule has 1 amide bonds. The van der Waals surface area contributed by atoms with E-state index in [0.717, 1.165) is 44.1 Å². The monoisotopic (exact) mass is 336 g/mol. The van der Waals surface area contributed by atoms with Gasteiger partial charge in [-0.3, -0.25) is 9.79 Å². The zero-order chi connectivity index (χ0) is 17.6. The van der Waals surface area contributed by atoms with Crippen molar-refractivity contribution in [1.29, 1.82) is 0 Å². The van der Waals surface area contributed by atoms with Crippen LogP contribution in [0.3, 0.4) is 0 Å². The molecule has 5 heteroatoms. The molecule has 0 aromatic rings. The van der Waals surface area contributed by atoms with Crippen molar-refractivity contribution in [3.8, 4) is 0 Å². The van der Waals surface area contributed by atoms with Gasteiger partial charge in [-0.25, -0.2) is 0 Å². The summed E-state index contributed by atoms with van der Waals surface area (Å²) in [6, 6.07) is 0.510. The summed E-state index contributed by atoms with van der Waals surface area (Å²) < 4.78 is 0. The Hall–Kier alpha value is -1.26. The maximum Gasteiger partial charge on any atom is 0.230 e. The van der Waals surface area contributed by atoms with Crippen LogP contribution in [0.1, 0.15) is 65.2 Å². The fourth-order valence-electron chi connectivity index (χ4n) is 4.27. The zero-order valence-electron chi connectivity index (χ0n) is 16.0. The molecule has 0 aromatic carbocycles. The number of aliphatic imine (C=N–C) groups is 1. The van der Waals surface area contributed by atoms with E-state index >= 15 is 0 Å². The molecule has 2 rings (SSSR count). The minimum absolute atomic E-state index is 0.242. The molecular weight excluding hydrogens is 300 g/mol. The van der Waals surface area contributed by atoms with Gasteiger partial charge in [0, 0.05) is 26.7 Å². The minimum atomic E-state index is -0.286. The Morgan fingerprint density at radius 1 is 1.21 bits per heavy atom. The highest BCUT2D eigenvalue weighted by Gasteiger charge is 2.42. The standard InChI is InChI=1S/C19H36N4O/c1-5-20-18(22-16-10-8-9-15(2)13-16)21-14-19(11-6-7-12-19)17(24)23(3)4/h15-16H,5-14H2,1-4H3,(H2,20,21,22). The fraction of sp³-hybridized carbons (Fsp3) is 0.895. The molecular formula is C19H36N4O. The van der Waals surface area contributed by atoms with Gasteiger partial charge < -0.3 is 15.5 Å². The lowest BCUT2D eigenvalue weighted by atomic mass is 9.84. The Morgan fingerprint density at radius 2 is 1.92 bits per heavy atom. The van der Waals surface area contributed by atoms with Crippen molar-refractivity contribution in [2.24, 2.45) is 16.3 Å². The van der Waals surface area contributed by atoms with Gasteiger partial charge in [0.25, 0.3) is 0 Å². The number of nitrogens with one attached hydrogen (secondary N) is 2. The number of amides is 1. The second-order valence-corrected chi connectivity index (χ2v) is 8.00. The van der Waals surface area contributed by atoms with Crippen molar-refractivity contribution >= 4 is 11.9 Å². The number of rotatable bonds is 5. The molecule has 2 aliphatic rings. The van der Waals surface area contributed by atoms with Crippen LogP contribution in [0.4, 0.5) is 0 Å². The van der Waals surface area contributed by atoms with Crippen LogP contribution in [0.5, 0.6) is 0 Å². The highest BCUT2D eigenvalue weighted by atomic mass is 16.2. The topological polar surface area (TPSA) is 56.7 Å². The molecule has 0 saturated heterocycles. The molecule has 2 unspecified atom stereocenters. The van der Waals surface area contributed by atoms with E-state index in [0.29, 0.717) is 12.6 Å². The van der Waals surface area contributed by atoms with Gasteiger partial charge in [0.2, 0.25) is 5.91 Å². The summed E-state index contributed by atoms with van der Waals surface area (Å²) in [5, 5.41) is 6.98. The van der Waals surface area contributed by atoms with Gasteiger partial charge in [0.05, 0.1) is 12.0 Å². The molecule has 2 aliphatic carbocycles. The molecule has 0 aromatic heterocycles.